The van der Waals surface area contributed by atoms with E-state index in [1.165, 1.54) is 5.56 Å². The maximum Gasteiger partial charge on any atom is 0.490 e. The number of nitrogens with zero attached hydrogens (tertiary/aromatic N) is 1. The Kier molecular flexibility index (Phi) is 16.8. The highest BCUT2D eigenvalue weighted by Crippen LogP contribution is 2.25. The highest BCUT2D eigenvalue weighted by atomic mass is 35.5. The number of carboxylic acid groups (broad SMARTS) is 3. The molecule has 18 heteroatoms. The monoisotopic (exact) mass is 722 g/mol. The third-order valence-electron chi connectivity index (χ3n) is 6.33. The fourth-order valence-electron chi connectivity index (χ4n) is 3.92. The molecule has 10 nitrogen and oxygen atoms in total. The van der Waals surface area contributed by atoms with E-state index in [2.05, 4.69) is 22.3 Å². The van der Waals surface area contributed by atoms with Crippen molar-refractivity contribution in [3.8, 4) is 5.75 Å². The second-order valence-electron chi connectivity index (χ2n) is 10.6. The Bertz CT molecular complexity index is 1280. The van der Waals surface area contributed by atoms with Crippen molar-refractivity contribution < 1.29 is 65.9 Å². The minimum atomic E-state index is -5.08. The van der Waals surface area contributed by atoms with Crippen LogP contribution in [0.3, 0.4) is 0 Å². The number of likely N-dealkylation sites (tertiary alicyclic amines) is 1. The Labute approximate surface area is 275 Å². The molecule has 1 heterocycles. The number of carbonyl (C=O) groups is 3. The van der Waals surface area contributed by atoms with Crippen molar-refractivity contribution in [3.63, 3.8) is 0 Å². The Hall–Kier alpha value is -3.31. The van der Waals surface area contributed by atoms with Crippen molar-refractivity contribution >= 4 is 41.1 Å². The van der Waals surface area contributed by atoms with Gasteiger partial charge in [0.1, 0.15) is 18.0 Å². The molecule has 0 saturated carbocycles. The van der Waals surface area contributed by atoms with Gasteiger partial charge in [-0.1, -0.05) is 35.3 Å². The molecule has 0 amide bonds. The van der Waals surface area contributed by atoms with Crippen LogP contribution < -0.4 is 10.1 Å². The maximum absolute atomic E-state index is 10.9. The van der Waals surface area contributed by atoms with Crippen LogP contribution in [-0.2, 0) is 27.3 Å². The third-order valence-corrected chi connectivity index (χ3v) is 6.82. The molecule has 2 aromatic carbocycles. The standard InChI is InChI=1S/C25H32Cl2N2O4.2C2HF3O2/c1-25(32,17-33-23-8-7-21(27)14-19(23)4-9-24(30)31)16-28-22-10-12-29(13-11-22)15-18-2-5-20(26)6-3-18;2*3-2(4,5)1(6)7/h2-3,5-8,14,22,28,32H,4,9-13,15-17H2,1H3,(H,30,31);2*(H,6,7)/t25-;;/m0../s1. The van der Waals surface area contributed by atoms with Crippen LogP contribution in [0.4, 0.5) is 26.3 Å². The third kappa shape index (κ3) is 18.0. The Morgan fingerprint density at radius 1 is 0.894 bits per heavy atom. The van der Waals surface area contributed by atoms with E-state index < -0.39 is 35.9 Å². The highest BCUT2D eigenvalue weighted by molar-refractivity contribution is 6.30. The molecule has 0 aromatic heterocycles. The molecule has 3 rings (SSSR count). The molecule has 264 valence electrons. The van der Waals surface area contributed by atoms with Gasteiger partial charge in [-0.05, 0) is 80.7 Å². The SMILES string of the molecule is C[C@](O)(CNC1CCN(Cc2ccc(Cl)cc2)CC1)COc1ccc(Cl)cc1CCC(=O)O.O=C(O)C(F)(F)F.O=C(O)C(F)(F)F. The minimum absolute atomic E-state index is 0.00856. The number of ether oxygens (including phenoxy) is 1. The number of piperidine rings is 1. The summed E-state index contributed by atoms with van der Waals surface area (Å²) in [6, 6.07) is 13.5. The molecule has 1 saturated heterocycles. The van der Waals surface area contributed by atoms with Crippen molar-refractivity contribution in [2.45, 2.75) is 63.1 Å². The molecular weight excluding hydrogens is 689 g/mol. The summed E-state index contributed by atoms with van der Waals surface area (Å²) in [5.74, 6) is -5.84. The predicted octanol–water partition coefficient (Wildman–Crippen LogP) is 5.66. The number of aliphatic hydroxyl groups is 1. The molecular formula is C29H34Cl2F6N2O8. The summed E-state index contributed by atoms with van der Waals surface area (Å²) in [5, 5.41) is 38.8. The van der Waals surface area contributed by atoms with E-state index in [0.29, 0.717) is 29.8 Å². The van der Waals surface area contributed by atoms with Gasteiger partial charge in [0.05, 0.1) is 0 Å². The van der Waals surface area contributed by atoms with Gasteiger partial charge in [-0.2, -0.15) is 26.3 Å². The van der Waals surface area contributed by atoms with Gasteiger partial charge in [0, 0.05) is 35.6 Å². The van der Waals surface area contributed by atoms with Gasteiger partial charge in [0.2, 0.25) is 0 Å². The number of alkyl halides is 6. The van der Waals surface area contributed by atoms with E-state index in [1.54, 1.807) is 25.1 Å². The van der Waals surface area contributed by atoms with Crippen LogP contribution >= 0.6 is 23.2 Å². The lowest BCUT2D eigenvalue weighted by Gasteiger charge is -2.34. The lowest BCUT2D eigenvalue weighted by atomic mass is 10.0. The molecule has 0 spiro atoms. The molecule has 2 aromatic rings. The average molecular weight is 723 g/mol. The molecule has 47 heavy (non-hydrogen) atoms. The number of nitrogens with one attached hydrogen (secondary N) is 1. The van der Waals surface area contributed by atoms with Crippen molar-refractivity contribution in [1.29, 1.82) is 0 Å². The molecule has 0 unspecified atom stereocenters. The fraction of sp³-hybridized carbons (Fsp3) is 0.483. The van der Waals surface area contributed by atoms with Crippen molar-refractivity contribution in [2.24, 2.45) is 0 Å². The lowest BCUT2D eigenvalue weighted by molar-refractivity contribution is -0.193. The summed E-state index contributed by atoms with van der Waals surface area (Å²) in [7, 11) is 0. The molecule has 1 aliphatic heterocycles. The van der Waals surface area contributed by atoms with Gasteiger partial charge < -0.3 is 30.5 Å². The van der Waals surface area contributed by atoms with Crippen LogP contribution in [-0.4, -0.2) is 93.5 Å². The van der Waals surface area contributed by atoms with Crippen LogP contribution in [0, 0.1) is 0 Å². The second kappa shape index (κ2) is 18.9. The largest absolute Gasteiger partial charge is 0.490 e. The van der Waals surface area contributed by atoms with Crippen LogP contribution in [0.1, 0.15) is 37.3 Å². The van der Waals surface area contributed by atoms with Gasteiger partial charge in [-0.25, -0.2) is 9.59 Å². The van der Waals surface area contributed by atoms with Crippen LogP contribution in [0.15, 0.2) is 42.5 Å². The van der Waals surface area contributed by atoms with Crippen molar-refractivity contribution in [3.05, 3.63) is 63.6 Å². The molecule has 1 fully saturated rings. The number of aryl methyl sites for hydroxylation is 1. The molecule has 1 atom stereocenters. The first-order chi connectivity index (χ1) is 21.6. The zero-order chi connectivity index (χ0) is 36.0. The lowest BCUT2D eigenvalue weighted by Crippen LogP contribution is -2.49. The zero-order valence-electron chi connectivity index (χ0n) is 24.9. The zero-order valence-corrected chi connectivity index (χ0v) is 26.4. The smallest absolute Gasteiger partial charge is 0.490 e. The maximum atomic E-state index is 10.9. The van der Waals surface area contributed by atoms with Gasteiger partial charge in [0.15, 0.2) is 0 Å². The van der Waals surface area contributed by atoms with E-state index >= 15 is 0 Å². The predicted molar refractivity (Wildman–Crippen MR) is 159 cm³/mol. The summed E-state index contributed by atoms with van der Waals surface area (Å²) in [6.07, 6.45) is -7.83. The van der Waals surface area contributed by atoms with E-state index in [0.717, 1.165) is 43.1 Å². The Balaban J connectivity index is 0.000000658. The molecule has 1 aliphatic rings. The average Bonchev–Trinajstić information content (AvgIpc) is 2.96. The summed E-state index contributed by atoms with van der Waals surface area (Å²) >= 11 is 12.0. The number of hydrogen-bond donors (Lipinski definition) is 5. The van der Waals surface area contributed by atoms with Gasteiger partial charge in [0.25, 0.3) is 0 Å². The number of carboxylic acids is 3. The van der Waals surface area contributed by atoms with E-state index in [4.69, 9.17) is 52.8 Å². The minimum Gasteiger partial charge on any atom is -0.490 e. The van der Waals surface area contributed by atoms with E-state index in [1.807, 2.05) is 12.1 Å². The Morgan fingerprint density at radius 3 is 1.85 bits per heavy atom. The Morgan fingerprint density at radius 2 is 1.38 bits per heavy atom. The van der Waals surface area contributed by atoms with Gasteiger partial charge >= 0.3 is 30.3 Å². The quantitative estimate of drug-likeness (QED) is 0.183. The molecule has 0 aliphatic carbocycles. The van der Waals surface area contributed by atoms with Crippen LogP contribution in [0.25, 0.3) is 0 Å². The molecule has 5 N–H and O–H groups in total. The van der Waals surface area contributed by atoms with Crippen molar-refractivity contribution in [2.75, 3.05) is 26.2 Å². The molecule has 0 bridgehead atoms. The first-order valence-electron chi connectivity index (χ1n) is 13.7. The topological polar surface area (TPSA) is 157 Å². The number of halogens is 8. The van der Waals surface area contributed by atoms with Gasteiger partial charge in [-0.3, -0.25) is 9.69 Å². The summed E-state index contributed by atoms with van der Waals surface area (Å²) in [4.78, 5) is 31.1. The first-order valence-corrected chi connectivity index (χ1v) is 14.5. The number of hydrogen-bond acceptors (Lipinski definition) is 7. The van der Waals surface area contributed by atoms with Crippen LogP contribution in [0.5, 0.6) is 5.75 Å². The molecule has 0 radical (unpaired) electrons. The van der Waals surface area contributed by atoms with E-state index in [-0.39, 0.29) is 13.0 Å². The number of rotatable bonds is 11. The van der Waals surface area contributed by atoms with Crippen LogP contribution in [0.2, 0.25) is 10.0 Å². The van der Waals surface area contributed by atoms with Crippen molar-refractivity contribution in [1.82, 2.24) is 10.2 Å². The highest BCUT2D eigenvalue weighted by Gasteiger charge is 2.39. The second-order valence-corrected chi connectivity index (χ2v) is 11.5. The first kappa shape index (κ1) is 41.7. The summed E-state index contributed by atoms with van der Waals surface area (Å²) in [6.45, 7) is 5.15. The van der Waals surface area contributed by atoms with E-state index in [9.17, 15) is 36.2 Å². The summed E-state index contributed by atoms with van der Waals surface area (Å²) in [5.41, 5.74) is 0.918. The fourth-order valence-corrected chi connectivity index (χ4v) is 4.24. The number of aliphatic carboxylic acids is 3. The van der Waals surface area contributed by atoms with Gasteiger partial charge in [-0.15, -0.1) is 0 Å². The summed E-state index contributed by atoms with van der Waals surface area (Å²) < 4.78 is 69.3. The normalized spacial score (nSPS) is 15.3. The number of benzene rings is 2.